The molecule has 0 bridgehead atoms. The van der Waals surface area contributed by atoms with Gasteiger partial charge in [-0.25, -0.2) is 0 Å². The van der Waals surface area contributed by atoms with Gasteiger partial charge in [0.05, 0.1) is 11.2 Å². The molecule has 3 nitrogen and oxygen atoms in total. The Balaban J connectivity index is 2.07. The molecule has 15 heavy (non-hydrogen) atoms. The van der Waals surface area contributed by atoms with Gasteiger partial charge in [0.1, 0.15) is 12.4 Å². The molecule has 0 spiro atoms. The van der Waals surface area contributed by atoms with Gasteiger partial charge in [-0.1, -0.05) is 27.5 Å². The maximum absolute atomic E-state index is 5.97. The summed E-state index contributed by atoms with van der Waals surface area (Å²) in [6.07, 6.45) is 3.50. The molecule has 78 valence electrons. The molecular formula is C10H8BrClN2O. The van der Waals surface area contributed by atoms with Gasteiger partial charge in [0.15, 0.2) is 0 Å². The monoisotopic (exact) mass is 286 g/mol. The molecule has 0 aliphatic carbocycles. The van der Waals surface area contributed by atoms with E-state index in [1.165, 1.54) is 0 Å². The van der Waals surface area contributed by atoms with Gasteiger partial charge in [0.25, 0.3) is 0 Å². The molecule has 5 heteroatoms. The molecule has 1 heterocycles. The number of aromatic amines is 1. The molecule has 0 aliphatic heterocycles. The highest BCUT2D eigenvalue weighted by Gasteiger charge is 2.03. The van der Waals surface area contributed by atoms with Gasteiger partial charge in [-0.05, 0) is 18.2 Å². The molecule has 1 N–H and O–H groups in total. The highest BCUT2D eigenvalue weighted by atomic mass is 79.9. The van der Waals surface area contributed by atoms with Crippen LogP contribution in [0.5, 0.6) is 5.75 Å². The number of nitrogens with one attached hydrogen (secondary N) is 1. The van der Waals surface area contributed by atoms with Crippen LogP contribution in [0.4, 0.5) is 0 Å². The fourth-order valence-corrected chi connectivity index (χ4v) is 1.62. The molecule has 0 aliphatic rings. The van der Waals surface area contributed by atoms with Crippen molar-refractivity contribution in [2.45, 2.75) is 6.61 Å². The molecule has 0 atom stereocenters. The topological polar surface area (TPSA) is 37.9 Å². The lowest BCUT2D eigenvalue weighted by Gasteiger charge is -2.06. The van der Waals surface area contributed by atoms with E-state index >= 15 is 0 Å². The predicted octanol–water partition coefficient (Wildman–Crippen LogP) is 3.40. The second kappa shape index (κ2) is 4.68. The van der Waals surface area contributed by atoms with Crippen molar-refractivity contribution < 1.29 is 4.74 Å². The number of H-pyrrole nitrogens is 1. The van der Waals surface area contributed by atoms with Crippen molar-refractivity contribution in [3.05, 3.63) is 45.7 Å². The Hall–Kier alpha value is -1.00. The number of nitrogens with zero attached hydrogens (tertiary/aromatic N) is 1. The van der Waals surface area contributed by atoms with Crippen LogP contribution >= 0.6 is 27.5 Å². The first-order valence-corrected chi connectivity index (χ1v) is 5.48. The van der Waals surface area contributed by atoms with Crippen molar-refractivity contribution in [2.75, 3.05) is 0 Å². The maximum atomic E-state index is 5.97. The fourth-order valence-electron chi connectivity index (χ4n) is 1.11. The minimum Gasteiger partial charge on any atom is -0.487 e. The zero-order valence-electron chi connectivity index (χ0n) is 7.71. The van der Waals surface area contributed by atoms with E-state index in [9.17, 15) is 0 Å². The van der Waals surface area contributed by atoms with Crippen LogP contribution in [0.3, 0.4) is 0 Å². The van der Waals surface area contributed by atoms with Gasteiger partial charge >= 0.3 is 0 Å². The third kappa shape index (κ3) is 2.73. The van der Waals surface area contributed by atoms with Crippen molar-refractivity contribution >= 4 is 27.5 Å². The van der Waals surface area contributed by atoms with E-state index in [2.05, 4.69) is 26.1 Å². The highest BCUT2D eigenvalue weighted by molar-refractivity contribution is 9.10. The maximum Gasteiger partial charge on any atom is 0.139 e. The molecule has 0 saturated heterocycles. The number of aromatic nitrogens is 2. The van der Waals surface area contributed by atoms with E-state index in [0.717, 1.165) is 10.0 Å². The van der Waals surface area contributed by atoms with E-state index in [1.807, 2.05) is 12.1 Å². The number of hydrogen-bond acceptors (Lipinski definition) is 2. The Labute approximate surface area is 101 Å². The summed E-state index contributed by atoms with van der Waals surface area (Å²) in [7, 11) is 0. The highest BCUT2D eigenvalue weighted by Crippen LogP contribution is 2.28. The Morgan fingerprint density at radius 3 is 3.07 bits per heavy atom. The van der Waals surface area contributed by atoms with Crippen LogP contribution in [-0.2, 0) is 6.61 Å². The summed E-state index contributed by atoms with van der Waals surface area (Å²) >= 11 is 9.32. The van der Waals surface area contributed by atoms with E-state index in [0.29, 0.717) is 17.4 Å². The normalized spacial score (nSPS) is 10.3. The second-order valence-electron chi connectivity index (χ2n) is 2.97. The Bertz CT molecular complexity index is 445. The summed E-state index contributed by atoms with van der Waals surface area (Å²) in [4.78, 5) is 0. The number of hydrogen-bond donors (Lipinski definition) is 1. The van der Waals surface area contributed by atoms with Gasteiger partial charge in [-0.15, -0.1) is 0 Å². The predicted molar refractivity (Wildman–Crippen MR) is 62.1 cm³/mol. The summed E-state index contributed by atoms with van der Waals surface area (Å²) in [6.45, 7) is 0.451. The number of benzene rings is 1. The third-order valence-electron chi connectivity index (χ3n) is 1.84. The first-order valence-electron chi connectivity index (χ1n) is 4.31. The number of halogens is 2. The van der Waals surface area contributed by atoms with Crippen LogP contribution in [0.15, 0.2) is 35.1 Å². The molecule has 0 radical (unpaired) electrons. The summed E-state index contributed by atoms with van der Waals surface area (Å²) in [5.41, 5.74) is 0.978. The van der Waals surface area contributed by atoms with Gasteiger partial charge < -0.3 is 4.74 Å². The Morgan fingerprint density at radius 1 is 1.47 bits per heavy atom. The van der Waals surface area contributed by atoms with Gasteiger partial charge in [0.2, 0.25) is 0 Å². The first kappa shape index (κ1) is 10.5. The van der Waals surface area contributed by atoms with Gasteiger partial charge in [-0.3, -0.25) is 5.10 Å². The van der Waals surface area contributed by atoms with E-state index in [4.69, 9.17) is 16.3 Å². The molecule has 1 aromatic carbocycles. The van der Waals surface area contributed by atoms with E-state index in [1.54, 1.807) is 18.5 Å². The van der Waals surface area contributed by atoms with Crippen molar-refractivity contribution in [3.63, 3.8) is 0 Å². The molecule has 0 unspecified atom stereocenters. The zero-order chi connectivity index (χ0) is 10.7. The molecule has 0 saturated carbocycles. The third-order valence-corrected chi connectivity index (χ3v) is 2.65. The van der Waals surface area contributed by atoms with Crippen molar-refractivity contribution in [1.29, 1.82) is 0 Å². The Morgan fingerprint density at radius 2 is 2.33 bits per heavy atom. The van der Waals surface area contributed by atoms with Crippen LogP contribution in [0, 0.1) is 0 Å². The summed E-state index contributed by atoms with van der Waals surface area (Å²) in [6, 6.07) is 5.49. The Kier molecular flexibility index (Phi) is 3.28. The molecular weight excluding hydrogens is 279 g/mol. The molecule has 0 amide bonds. The van der Waals surface area contributed by atoms with Crippen LogP contribution in [0.1, 0.15) is 5.56 Å². The molecule has 2 aromatic rings. The number of ether oxygens (including phenoxy) is 1. The fraction of sp³-hybridized carbons (Fsp3) is 0.100. The van der Waals surface area contributed by atoms with E-state index < -0.39 is 0 Å². The van der Waals surface area contributed by atoms with Crippen molar-refractivity contribution in [3.8, 4) is 5.75 Å². The first-order chi connectivity index (χ1) is 7.25. The quantitative estimate of drug-likeness (QED) is 0.939. The van der Waals surface area contributed by atoms with Crippen LogP contribution in [0.2, 0.25) is 5.02 Å². The second-order valence-corrected chi connectivity index (χ2v) is 4.29. The molecule has 2 rings (SSSR count). The summed E-state index contributed by atoms with van der Waals surface area (Å²) in [5.74, 6) is 0.659. The minimum atomic E-state index is 0.451. The average molecular weight is 288 g/mol. The average Bonchev–Trinajstić information content (AvgIpc) is 2.72. The zero-order valence-corrected chi connectivity index (χ0v) is 10.0. The molecule has 1 aromatic heterocycles. The smallest absolute Gasteiger partial charge is 0.139 e. The van der Waals surface area contributed by atoms with Crippen molar-refractivity contribution in [2.24, 2.45) is 0 Å². The van der Waals surface area contributed by atoms with E-state index in [-0.39, 0.29) is 0 Å². The molecule has 0 fully saturated rings. The van der Waals surface area contributed by atoms with Crippen LogP contribution in [-0.4, -0.2) is 10.2 Å². The summed E-state index contributed by atoms with van der Waals surface area (Å²) in [5, 5.41) is 7.15. The van der Waals surface area contributed by atoms with Crippen molar-refractivity contribution in [1.82, 2.24) is 10.2 Å². The largest absolute Gasteiger partial charge is 0.487 e. The lowest BCUT2D eigenvalue weighted by Crippen LogP contribution is -1.94. The van der Waals surface area contributed by atoms with Crippen LogP contribution in [0.25, 0.3) is 0 Å². The lowest BCUT2D eigenvalue weighted by atomic mass is 10.3. The standard InChI is InChI=1S/C10H8BrClN2O/c11-8-1-2-9(12)10(3-8)15-6-7-4-13-14-5-7/h1-5H,6H2,(H,13,14). The van der Waals surface area contributed by atoms with Gasteiger partial charge in [0, 0.05) is 16.2 Å². The van der Waals surface area contributed by atoms with Crippen LogP contribution < -0.4 is 4.74 Å². The number of rotatable bonds is 3. The minimum absolute atomic E-state index is 0.451. The SMILES string of the molecule is Clc1ccc(Br)cc1OCc1cn[nH]c1. The van der Waals surface area contributed by atoms with Gasteiger partial charge in [-0.2, -0.15) is 5.10 Å². The summed E-state index contributed by atoms with van der Waals surface area (Å²) < 4.78 is 6.48. The lowest BCUT2D eigenvalue weighted by molar-refractivity contribution is 0.306.